The van der Waals surface area contributed by atoms with E-state index in [1.165, 1.54) is 30.2 Å². The van der Waals surface area contributed by atoms with E-state index < -0.39 is 28.5 Å². The second-order valence-corrected chi connectivity index (χ2v) is 15.0. The van der Waals surface area contributed by atoms with Gasteiger partial charge in [0.2, 0.25) is 11.8 Å². The van der Waals surface area contributed by atoms with E-state index in [1.54, 1.807) is 42.5 Å². The highest BCUT2D eigenvalue weighted by Crippen LogP contribution is 2.35. The van der Waals surface area contributed by atoms with Crippen LogP contribution in [0.3, 0.4) is 0 Å². The van der Waals surface area contributed by atoms with Gasteiger partial charge < -0.3 is 15.0 Å². The Balaban J connectivity index is 1.61. The number of amides is 2. The van der Waals surface area contributed by atoms with Gasteiger partial charge in [-0.25, -0.2) is 8.42 Å². The average Bonchev–Trinajstić information content (AvgIpc) is 3.10. The maximum Gasteiger partial charge on any atom is 0.264 e. The Labute approximate surface area is 299 Å². The van der Waals surface area contributed by atoms with Crippen LogP contribution >= 0.6 is 23.2 Å². The van der Waals surface area contributed by atoms with E-state index in [-0.39, 0.29) is 46.3 Å². The number of sulfonamides is 1. The molecule has 0 radical (unpaired) electrons. The molecule has 49 heavy (non-hydrogen) atoms. The van der Waals surface area contributed by atoms with Crippen molar-refractivity contribution in [1.29, 1.82) is 0 Å². The molecule has 0 bridgehead atoms. The van der Waals surface area contributed by atoms with Gasteiger partial charge in [0.15, 0.2) is 0 Å². The molecule has 0 saturated heterocycles. The van der Waals surface area contributed by atoms with E-state index in [9.17, 15) is 18.0 Å². The summed E-state index contributed by atoms with van der Waals surface area (Å²) in [4.78, 5) is 30.5. The summed E-state index contributed by atoms with van der Waals surface area (Å²) in [5, 5.41) is 3.89. The summed E-state index contributed by atoms with van der Waals surface area (Å²) in [6.07, 6.45) is 5.09. The number of methoxy groups -OCH3 is 1. The van der Waals surface area contributed by atoms with E-state index >= 15 is 0 Å². The highest BCUT2D eigenvalue weighted by molar-refractivity contribution is 7.92. The predicted molar refractivity (Wildman–Crippen MR) is 195 cm³/mol. The lowest BCUT2D eigenvalue weighted by molar-refractivity contribution is -0.140. The van der Waals surface area contributed by atoms with E-state index in [0.29, 0.717) is 10.6 Å². The zero-order valence-corrected chi connectivity index (χ0v) is 30.0. The van der Waals surface area contributed by atoms with Gasteiger partial charge in [-0.3, -0.25) is 13.9 Å². The Morgan fingerprint density at radius 2 is 1.57 bits per heavy atom. The highest BCUT2D eigenvalue weighted by atomic mass is 35.5. The molecular formula is C38H41Cl2N3O5S. The Bertz CT molecular complexity index is 1850. The highest BCUT2D eigenvalue weighted by Gasteiger charge is 2.36. The number of halogens is 2. The van der Waals surface area contributed by atoms with Crippen molar-refractivity contribution >= 4 is 50.7 Å². The molecule has 11 heteroatoms. The lowest BCUT2D eigenvalue weighted by Gasteiger charge is -2.35. The molecule has 0 unspecified atom stereocenters. The number of carbonyl (C=O) groups is 2. The summed E-state index contributed by atoms with van der Waals surface area (Å²) in [6.45, 7) is 1.19. The number of aryl methyl sites for hydroxylation is 1. The van der Waals surface area contributed by atoms with Gasteiger partial charge in [-0.15, -0.1) is 0 Å². The van der Waals surface area contributed by atoms with Crippen LogP contribution in [0.15, 0.2) is 102 Å². The summed E-state index contributed by atoms with van der Waals surface area (Å²) >= 11 is 13.0. The van der Waals surface area contributed by atoms with E-state index in [0.717, 1.165) is 47.5 Å². The smallest absolute Gasteiger partial charge is 0.264 e. The van der Waals surface area contributed by atoms with Crippen molar-refractivity contribution in [2.24, 2.45) is 0 Å². The molecule has 4 aromatic carbocycles. The predicted octanol–water partition coefficient (Wildman–Crippen LogP) is 7.59. The zero-order valence-electron chi connectivity index (χ0n) is 27.6. The molecule has 4 aromatic rings. The fourth-order valence-corrected chi connectivity index (χ4v) is 7.90. The molecule has 2 amide bonds. The van der Waals surface area contributed by atoms with Gasteiger partial charge in [-0.1, -0.05) is 109 Å². The minimum Gasteiger partial charge on any atom is -0.495 e. The van der Waals surface area contributed by atoms with Crippen LogP contribution in [-0.2, 0) is 32.6 Å². The number of carbonyl (C=O) groups excluding carboxylic acids is 2. The van der Waals surface area contributed by atoms with Crippen molar-refractivity contribution in [3.05, 3.63) is 124 Å². The quantitative estimate of drug-likeness (QED) is 0.154. The van der Waals surface area contributed by atoms with Gasteiger partial charge in [0.05, 0.1) is 17.7 Å². The van der Waals surface area contributed by atoms with Crippen LogP contribution < -0.4 is 14.4 Å². The van der Waals surface area contributed by atoms with Crippen LogP contribution in [0.2, 0.25) is 10.0 Å². The standard InChI is InChI=1S/C38H41Cl2N3O5S/c1-27-17-20-32(21-18-27)49(46,47)43(34-24-30(39)19-22-36(34)48-2)26-37(44)42(25-29-13-9-10-16-33(29)40)35(23-28-11-5-3-6-12-28)38(45)41-31-14-7-4-8-15-31/h3,5-6,9-13,16-22,24,31,35H,4,7-8,14-15,23,25-26H2,1-2H3,(H,41,45)/t35-/m0/s1. The molecule has 0 aliphatic heterocycles. The average molecular weight is 723 g/mol. The molecule has 1 aliphatic carbocycles. The summed E-state index contributed by atoms with van der Waals surface area (Å²) in [5.41, 5.74) is 2.44. The van der Waals surface area contributed by atoms with Crippen molar-refractivity contribution in [2.75, 3.05) is 18.0 Å². The molecule has 8 nitrogen and oxygen atoms in total. The second kappa shape index (κ2) is 16.6. The molecule has 1 N–H and O–H groups in total. The Hall–Kier alpha value is -4.05. The van der Waals surface area contributed by atoms with Crippen LogP contribution in [0, 0.1) is 6.92 Å². The number of nitrogens with one attached hydrogen (secondary N) is 1. The molecule has 1 aliphatic rings. The third-order valence-electron chi connectivity index (χ3n) is 8.82. The van der Waals surface area contributed by atoms with Crippen LogP contribution in [-0.4, -0.2) is 50.9 Å². The SMILES string of the molecule is COc1ccc(Cl)cc1N(CC(=O)N(Cc1ccccc1Cl)[C@@H](Cc1ccccc1)C(=O)NC1CCCCC1)S(=O)(=O)c1ccc(C)cc1. The first kappa shape index (κ1) is 36.2. The maximum atomic E-state index is 14.8. The molecule has 0 heterocycles. The van der Waals surface area contributed by atoms with Gasteiger partial charge in [0, 0.05) is 29.1 Å². The molecule has 0 spiro atoms. The third-order valence-corrected chi connectivity index (χ3v) is 11.2. The molecule has 5 rings (SSSR count). The van der Waals surface area contributed by atoms with Crippen LogP contribution in [0.1, 0.15) is 48.8 Å². The van der Waals surface area contributed by atoms with Crippen molar-refractivity contribution in [1.82, 2.24) is 10.2 Å². The number of benzene rings is 4. The number of ether oxygens (including phenoxy) is 1. The minimum atomic E-state index is -4.34. The van der Waals surface area contributed by atoms with Gasteiger partial charge in [0.25, 0.3) is 10.0 Å². The largest absolute Gasteiger partial charge is 0.495 e. The van der Waals surface area contributed by atoms with Crippen molar-refractivity contribution in [3.8, 4) is 5.75 Å². The fraction of sp³-hybridized carbons (Fsp3) is 0.316. The molecule has 258 valence electrons. The number of hydrogen-bond donors (Lipinski definition) is 1. The van der Waals surface area contributed by atoms with Gasteiger partial charge in [-0.2, -0.15) is 0 Å². The number of hydrogen-bond acceptors (Lipinski definition) is 5. The fourth-order valence-electron chi connectivity index (χ4n) is 6.12. The van der Waals surface area contributed by atoms with E-state index in [2.05, 4.69) is 5.32 Å². The van der Waals surface area contributed by atoms with E-state index in [1.807, 2.05) is 43.3 Å². The summed E-state index contributed by atoms with van der Waals surface area (Å²) in [7, 11) is -2.92. The number of rotatable bonds is 13. The second-order valence-electron chi connectivity index (χ2n) is 12.3. The summed E-state index contributed by atoms with van der Waals surface area (Å²) in [6, 6.07) is 26.6. The van der Waals surface area contributed by atoms with Crippen LogP contribution in [0.5, 0.6) is 5.75 Å². The zero-order chi connectivity index (χ0) is 35.0. The molecule has 0 aromatic heterocycles. The third kappa shape index (κ3) is 9.15. The normalized spacial score (nSPS) is 14.1. The molecule has 1 fully saturated rings. The first-order valence-corrected chi connectivity index (χ1v) is 18.6. The van der Waals surface area contributed by atoms with Gasteiger partial charge >= 0.3 is 0 Å². The monoisotopic (exact) mass is 721 g/mol. The Kier molecular flexibility index (Phi) is 12.3. The number of nitrogens with zero attached hydrogens (tertiary/aromatic N) is 2. The molecule has 1 atom stereocenters. The van der Waals surface area contributed by atoms with Crippen LogP contribution in [0.4, 0.5) is 5.69 Å². The van der Waals surface area contributed by atoms with Gasteiger partial charge in [0.1, 0.15) is 18.3 Å². The van der Waals surface area contributed by atoms with Crippen molar-refractivity contribution in [2.45, 2.75) is 69.0 Å². The first-order valence-electron chi connectivity index (χ1n) is 16.4. The minimum absolute atomic E-state index is 0.00840. The van der Waals surface area contributed by atoms with Crippen molar-refractivity contribution < 1.29 is 22.7 Å². The van der Waals surface area contributed by atoms with Crippen molar-refractivity contribution in [3.63, 3.8) is 0 Å². The lowest BCUT2D eigenvalue weighted by Crippen LogP contribution is -2.55. The first-order chi connectivity index (χ1) is 23.6. The van der Waals surface area contributed by atoms with Crippen LogP contribution in [0.25, 0.3) is 0 Å². The molecule has 1 saturated carbocycles. The summed E-state index contributed by atoms with van der Waals surface area (Å²) < 4.78 is 35.4. The lowest BCUT2D eigenvalue weighted by atomic mass is 9.94. The maximum absolute atomic E-state index is 14.8. The Morgan fingerprint density at radius 3 is 2.24 bits per heavy atom. The summed E-state index contributed by atoms with van der Waals surface area (Å²) in [5.74, 6) is -0.691. The van der Waals surface area contributed by atoms with Gasteiger partial charge in [-0.05, 0) is 67.3 Å². The van der Waals surface area contributed by atoms with E-state index in [4.69, 9.17) is 27.9 Å². The molecular weight excluding hydrogens is 681 g/mol. The Morgan fingerprint density at radius 1 is 0.898 bits per heavy atom. The topological polar surface area (TPSA) is 96.0 Å². The number of anilines is 1.